The van der Waals surface area contributed by atoms with Gasteiger partial charge in [-0.25, -0.2) is 8.78 Å². The Hall–Kier alpha value is -3.27. The first-order chi connectivity index (χ1) is 21.0. The summed E-state index contributed by atoms with van der Waals surface area (Å²) < 4.78 is 50.2. The molecule has 228 valence electrons. The fourth-order valence-electron chi connectivity index (χ4n) is 6.96. The Morgan fingerprint density at radius 3 is 2.19 bits per heavy atom. The van der Waals surface area contributed by atoms with Crippen LogP contribution in [0.25, 0.3) is 27.8 Å². The van der Waals surface area contributed by atoms with Gasteiger partial charge in [0.25, 0.3) is 0 Å². The largest absolute Gasteiger partial charge is 0.490 e. The maximum Gasteiger partial charge on any atom is 0.201 e. The molecule has 1 atom stereocenters. The highest BCUT2D eigenvalue weighted by Crippen LogP contribution is 2.42. The molecule has 0 bridgehead atoms. The molecule has 0 amide bonds. The van der Waals surface area contributed by atoms with Gasteiger partial charge in [0.05, 0.1) is 6.61 Å². The first-order valence-corrected chi connectivity index (χ1v) is 16.3. The second kappa shape index (κ2) is 14.9. The van der Waals surface area contributed by atoms with E-state index in [9.17, 15) is 8.78 Å². The van der Waals surface area contributed by atoms with Crippen LogP contribution in [0.5, 0.6) is 5.75 Å². The molecule has 43 heavy (non-hydrogen) atoms. The predicted octanol–water partition coefficient (Wildman–Crippen LogP) is 12.0. The minimum atomic E-state index is -0.971. The van der Waals surface area contributed by atoms with Crippen LogP contribution in [0, 0.1) is 35.2 Å². The molecule has 0 radical (unpaired) electrons. The van der Waals surface area contributed by atoms with E-state index >= 15 is 4.39 Å². The van der Waals surface area contributed by atoms with Gasteiger partial charge in [-0.15, -0.1) is 0 Å². The van der Waals surface area contributed by atoms with Crippen molar-refractivity contribution in [3.8, 4) is 28.0 Å². The van der Waals surface area contributed by atoms with Crippen molar-refractivity contribution in [2.24, 2.45) is 17.8 Å². The van der Waals surface area contributed by atoms with Crippen molar-refractivity contribution in [2.45, 2.75) is 84.5 Å². The summed E-state index contributed by atoms with van der Waals surface area (Å²) in [6.07, 6.45) is 19.5. The van der Waals surface area contributed by atoms with Crippen molar-refractivity contribution in [1.29, 1.82) is 0 Å². The molecule has 3 aromatic carbocycles. The zero-order valence-electron chi connectivity index (χ0n) is 25.7. The van der Waals surface area contributed by atoms with E-state index in [0.29, 0.717) is 17.7 Å². The molecule has 3 aromatic rings. The molecule has 5 rings (SSSR count). The first-order valence-electron chi connectivity index (χ1n) is 16.3. The zero-order valence-corrected chi connectivity index (χ0v) is 25.7. The summed E-state index contributed by atoms with van der Waals surface area (Å²) in [5.41, 5.74) is 4.14. The van der Waals surface area contributed by atoms with Gasteiger partial charge in [-0.05, 0) is 117 Å². The Balaban J connectivity index is 1.20. The molecule has 0 saturated heterocycles. The van der Waals surface area contributed by atoms with Crippen LogP contribution in [0.15, 0.2) is 72.8 Å². The Morgan fingerprint density at radius 1 is 0.791 bits per heavy atom. The first kappa shape index (κ1) is 31.2. The summed E-state index contributed by atoms with van der Waals surface area (Å²) in [4.78, 5) is 0. The number of allylic oxidation sites excluding steroid dienone is 4. The number of rotatable bonds is 11. The summed E-state index contributed by atoms with van der Waals surface area (Å²) in [6, 6.07) is 15.6. The zero-order chi connectivity index (χ0) is 30.2. The van der Waals surface area contributed by atoms with Crippen LogP contribution in [-0.4, -0.2) is 6.61 Å². The minimum Gasteiger partial charge on any atom is -0.490 e. The van der Waals surface area contributed by atoms with Crippen molar-refractivity contribution >= 4 is 5.57 Å². The highest BCUT2D eigenvalue weighted by Gasteiger charge is 2.29. The molecule has 1 unspecified atom stereocenters. The van der Waals surface area contributed by atoms with E-state index in [1.165, 1.54) is 44.6 Å². The summed E-state index contributed by atoms with van der Waals surface area (Å²) in [7, 11) is 0. The maximum atomic E-state index is 15.4. The summed E-state index contributed by atoms with van der Waals surface area (Å²) in [6.45, 7) is 4.46. The number of hydrogen-bond donors (Lipinski definition) is 0. The third-order valence-corrected chi connectivity index (χ3v) is 9.63. The molecule has 0 aromatic heterocycles. The maximum absolute atomic E-state index is 15.4. The van der Waals surface area contributed by atoms with Gasteiger partial charge in [-0.2, -0.15) is 4.39 Å². The third-order valence-electron chi connectivity index (χ3n) is 9.63. The number of unbranched alkanes of at least 4 members (excludes halogenated alkanes) is 1. The Kier molecular flexibility index (Phi) is 10.8. The minimum absolute atomic E-state index is 0.0659. The van der Waals surface area contributed by atoms with Gasteiger partial charge in [-0.1, -0.05) is 80.8 Å². The number of benzene rings is 3. The molecule has 4 heteroatoms. The van der Waals surface area contributed by atoms with Crippen molar-refractivity contribution in [1.82, 2.24) is 0 Å². The molecular formula is C39H45F3O. The lowest BCUT2D eigenvalue weighted by Gasteiger charge is -2.35. The molecule has 0 heterocycles. The lowest BCUT2D eigenvalue weighted by molar-refractivity contribution is 0.190. The van der Waals surface area contributed by atoms with E-state index in [1.54, 1.807) is 24.3 Å². The quantitative estimate of drug-likeness (QED) is 0.160. The van der Waals surface area contributed by atoms with Gasteiger partial charge in [0, 0.05) is 11.1 Å². The van der Waals surface area contributed by atoms with Gasteiger partial charge in [0.15, 0.2) is 11.6 Å². The molecule has 1 fully saturated rings. The standard InChI is InChI=1S/C39H45F3O/c1-3-5-7-8-27-9-11-28(12-10-27)29-13-17-31(18-14-29)34-22-21-33(26-36(34)40)30-15-19-32(20-16-30)35-23-24-37(39(42)38(35)41)43-25-6-4-2/h3,5,15-17,19-24,26-29H,4,6-14,18,25H2,1-2H3. The van der Waals surface area contributed by atoms with Crippen LogP contribution >= 0.6 is 0 Å². The molecule has 0 aliphatic heterocycles. The van der Waals surface area contributed by atoms with E-state index in [4.69, 9.17) is 4.74 Å². The topological polar surface area (TPSA) is 9.23 Å². The third kappa shape index (κ3) is 7.63. The Labute approximate surface area is 255 Å². The molecular weight excluding hydrogens is 541 g/mol. The van der Waals surface area contributed by atoms with Crippen LogP contribution in [0.2, 0.25) is 0 Å². The summed E-state index contributed by atoms with van der Waals surface area (Å²) in [5.74, 6) is 0.257. The van der Waals surface area contributed by atoms with Gasteiger partial charge < -0.3 is 4.74 Å². The molecule has 2 aliphatic carbocycles. The molecule has 1 saturated carbocycles. The van der Waals surface area contributed by atoms with E-state index < -0.39 is 11.6 Å². The number of halogens is 3. The molecule has 0 N–H and O–H groups in total. The van der Waals surface area contributed by atoms with Gasteiger partial charge in [0.2, 0.25) is 5.82 Å². The second-order valence-electron chi connectivity index (χ2n) is 12.4. The number of ether oxygens (including phenoxy) is 1. The van der Waals surface area contributed by atoms with E-state index in [0.717, 1.165) is 66.6 Å². The van der Waals surface area contributed by atoms with Gasteiger partial charge in [-0.3, -0.25) is 0 Å². The average molecular weight is 587 g/mol. The van der Waals surface area contributed by atoms with Crippen LogP contribution < -0.4 is 4.74 Å². The van der Waals surface area contributed by atoms with Crippen molar-refractivity contribution in [3.05, 3.63) is 95.8 Å². The van der Waals surface area contributed by atoms with Crippen LogP contribution in [0.3, 0.4) is 0 Å². The lowest BCUT2D eigenvalue weighted by atomic mass is 9.70. The predicted molar refractivity (Wildman–Crippen MR) is 172 cm³/mol. The SMILES string of the molecule is CC=CCCC1CCC(C2CC=C(c3ccc(-c4ccc(-c5ccc(OCCCC)c(F)c5F)cc4)cc3F)CC2)CC1. The van der Waals surface area contributed by atoms with E-state index in [1.807, 2.05) is 31.2 Å². The van der Waals surface area contributed by atoms with E-state index in [-0.39, 0.29) is 17.1 Å². The fraction of sp³-hybridized carbons (Fsp3) is 0.436. The number of hydrogen-bond acceptors (Lipinski definition) is 1. The van der Waals surface area contributed by atoms with Crippen LogP contribution in [0.4, 0.5) is 13.2 Å². The van der Waals surface area contributed by atoms with Gasteiger partial charge in [0.1, 0.15) is 5.82 Å². The van der Waals surface area contributed by atoms with Crippen LogP contribution in [-0.2, 0) is 0 Å². The van der Waals surface area contributed by atoms with E-state index in [2.05, 4.69) is 25.2 Å². The molecule has 2 aliphatic rings. The van der Waals surface area contributed by atoms with Crippen LogP contribution in [0.1, 0.15) is 90.0 Å². The normalized spacial score (nSPS) is 20.8. The summed E-state index contributed by atoms with van der Waals surface area (Å²) in [5, 5.41) is 0. The monoisotopic (exact) mass is 586 g/mol. The second-order valence-corrected chi connectivity index (χ2v) is 12.4. The van der Waals surface area contributed by atoms with Crippen molar-refractivity contribution in [2.75, 3.05) is 6.61 Å². The van der Waals surface area contributed by atoms with Gasteiger partial charge >= 0.3 is 0 Å². The highest BCUT2D eigenvalue weighted by molar-refractivity contribution is 5.74. The Morgan fingerprint density at radius 2 is 1.51 bits per heavy atom. The highest BCUT2D eigenvalue weighted by atomic mass is 19.2. The lowest BCUT2D eigenvalue weighted by Crippen LogP contribution is -2.23. The molecule has 1 nitrogen and oxygen atoms in total. The average Bonchev–Trinajstić information content (AvgIpc) is 3.04. The van der Waals surface area contributed by atoms with Crippen molar-refractivity contribution in [3.63, 3.8) is 0 Å². The molecule has 0 spiro atoms. The fourth-order valence-corrected chi connectivity index (χ4v) is 6.96. The Bertz CT molecular complexity index is 1410. The smallest absolute Gasteiger partial charge is 0.201 e. The summed E-state index contributed by atoms with van der Waals surface area (Å²) >= 11 is 0. The van der Waals surface area contributed by atoms with Crippen molar-refractivity contribution < 1.29 is 17.9 Å².